The predicted octanol–water partition coefficient (Wildman–Crippen LogP) is 4.42. The molecule has 0 atom stereocenters. The van der Waals surface area contributed by atoms with Gasteiger partial charge in [0, 0.05) is 0 Å². The van der Waals surface area contributed by atoms with Gasteiger partial charge in [-0.2, -0.15) is 0 Å². The molecule has 2 nitrogen and oxygen atoms in total. The molecule has 2 rings (SSSR count). The molecule has 0 unspecified atom stereocenters. The van der Waals surface area contributed by atoms with E-state index in [4.69, 9.17) is 9.47 Å². The van der Waals surface area contributed by atoms with Gasteiger partial charge < -0.3 is 9.47 Å². The Kier molecular flexibility index (Phi) is 4.72. The second-order valence-corrected chi connectivity index (χ2v) is 5.47. The van der Waals surface area contributed by atoms with Gasteiger partial charge in [0.25, 0.3) is 0 Å². The fourth-order valence-corrected chi connectivity index (χ4v) is 2.76. The summed E-state index contributed by atoms with van der Waals surface area (Å²) in [6.07, 6.45) is 6.74. The molecule has 17 heavy (non-hydrogen) atoms. The van der Waals surface area contributed by atoms with Crippen LogP contribution in [0.4, 0.5) is 0 Å². The molecule has 0 bridgehead atoms. The van der Waals surface area contributed by atoms with E-state index < -0.39 is 0 Å². The summed E-state index contributed by atoms with van der Waals surface area (Å²) in [6.45, 7) is 0.838. The minimum Gasteiger partial charge on any atom is -0.497 e. The molecule has 0 amide bonds. The van der Waals surface area contributed by atoms with Crippen molar-refractivity contribution in [3.05, 3.63) is 22.7 Å². The Morgan fingerprint density at radius 1 is 1.24 bits per heavy atom. The zero-order valence-electron chi connectivity index (χ0n) is 10.2. The third-order valence-corrected chi connectivity index (χ3v) is 3.96. The van der Waals surface area contributed by atoms with E-state index in [0.717, 1.165) is 28.5 Å². The topological polar surface area (TPSA) is 18.5 Å². The second kappa shape index (κ2) is 6.29. The molecule has 0 spiro atoms. The number of ether oxygens (including phenoxy) is 2. The standard InChI is InChI=1S/C14H19BrO2/c1-16-12-7-8-14(13(15)9-12)17-10-11-5-3-2-4-6-11/h7-9,11H,2-6,10H2,1H3. The summed E-state index contributed by atoms with van der Waals surface area (Å²) in [5.74, 6) is 2.50. The summed E-state index contributed by atoms with van der Waals surface area (Å²) >= 11 is 3.51. The van der Waals surface area contributed by atoms with Crippen LogP contribution in [0.1, 0.15) is 32.1 Å². The fourth-order valence-electron chi connectivity index (χ4n) is 2.29. The van der Waals surface area contributed by atoms with Gasteiger partial charge in [0.05, 0.1) is 18.2 Å². The largest absolute Gasteiger partial charge is 0.497 e. The summed E-state index contributed by atoms with van der Waals surface area (Å²) in [6, 6.07) is 5.84. The number of hydrogen-bond acceptors (Lipinski definition) is 2. The maximum absolute atomic E-state index is 5.87. The molecule has 1 aromatic rings. The average Bonchev–Trinajstić information content (AvgIpc) is 2.38. The molecule has 0 radical (unpaired) electrons. The Morgan fingerprint density at radius 2 is 2.00 bits per heavy atom. The Bertz CT molecular complexity index is 359. The maximum atomic E-state index is 5.87. The third-order valence-electron chi connectivity index (χ3n) is 3.34. The lowest BCUT2D eigenvalue weighted by Gasteiger charge is -2.22. The highest BCUT2D eigenvalue weighted by molar-refractivity contribution is 9.10. The van der Waals surface area contributed by atoms with E-state index in [0.29, 0.717) is 0 Å². The molecule has 1 aromatic carbocycles. The molecule has 3 heteroatoms. The van der Waals surface area contributed by atoms with Gasteiger partial charge in [0.1, 0.15) is 11.5 Å². The third kappa shape index (κ3) is 3.63. The van der Waals surface area contributed by atoms with Crippen LogP contribution < -0.4 is 9.47 Å². The quantitative estimate of drug-likeness (QED) is 0.819. The molecule has 1 aliphatic carbocycles. The molecule has 0 aliphatic heterocycles. The van der Waals surface area contributed by atoms with Crippen molar-refractivity contribution < 1.29 is 9.47 Å². The number of methoxy groups -OCH3 is 1. The van der Waals surface area contributed by atoms with Gasteiger partial charge in [0.15, 0.2) is 0 Å². The molecule has 1 aliphatic rings. The SMILES string of the molecule is COc1ccc(OCC2CCCCC2)c(Br)c1. The molecule has 0 N–H and O–H groups in total. The number of hydrogen-bond donors (Lipinski definition) is 0. The predicted molar refractivity (Wildman–Crippen MR) is 72.8 cm³/mol. The lowest BCUT2D eigenvalue weighted by atomic mass is 9.90. The van der Waals surface area contributed by atoms with Crippen molar-refractivity contribution in [2.45, 2.75) is 32.1 Å². The number of benzene rings is 1. The Balaban J connectivity index is 1.89. The highest BCUT2D eigenvalue weighted by Gasteiger charge is 2.14. The van der Waals surface area contributed by atoms with Crippen molar-refractivity contribution in [1.82, 2.24) is 0 Å². The van der Waals surface area contributed by atoms with E-state index in [1.54, 1.807) is 7.11 Å². The van der Waals surface area contributed by atoms with E-state index in [1.807, 2.05) is 18.2 Å². The number of rotatable bonds is 4. The zero-order chi connectivity index (χ0) is 12.1. The Hall–Kier alpha value is -0.700. The number of halogens is 1. The Labute approximate surface area is 111 Å². The molecular formula is C14H19BrO2. The van der Waals surface area contributed by atoms with E-state index in [2.05, 4.69) is 15.9 Å². The van der Waals surface area contributed by atoms with Gasteiger partial charge in [-0.15, -0.1) is 0 Å². The van der Waals surface area contributed by atoms with Gasteiger partial charge in [-0.1, -0.05) is 19.3 Å². The van der Waals surface area contributed by atoms with Crippen LogP contribution >= 0.6 is 15.9 Å². The summed E-state index contributed by atoms with van der Waals surface area (Å²) in [4.78, 5) is 0. The van der Waals surface area contributed by atoms with Crippen LogP contribution in [-0.2, 0) is 0 Å². The van der Waals surface area contributed by atoms with Gasteiger partial charge in [-0.3, -0.25) is 0 Å². The first-order chi connectivity index (χ1) is 8.29. The van der Waals surface area contributed by atoms with Crippen molar-refractivity contribution in [1.29, 1.82) is 0 Å². The van der Waals surface area contributed by atoms with Gasteiger partial charge in [-0.25, -0.2) is 0 Å². The van der Waals surface area contributed by atoms with Crippen LogP contribution in [0.5, 0.6) is 11.5 Å². The molecule has 0 aromatic heterocycles. The van der Waals surface area contributed by atoms with Crippen LogP contribution in [0, 0.1) is 5.92 Å². The van der Waals surface area contributed by atoms with Crippen molar-refractivity contribution in [3.8, 4) is 11.5 Å². The van der Waals surface area contributed by atoms with E-state index in [1.165, 1.54) is 32.1 Å². The van der Waals surface area contributed by atoms with Gasteiger partial charge >= 0.3 is 0 Å². The average molecular weight is 299 g/mol. The summed E-state index contributed by atoms with van der Waals surface area (Å²) in [5, 5.41) is 0. The first-order valence-corrected chi connectivity index (χ1v) is 7.05. The van der Waals surface area contributed by atoms with Crippen LogP contribution in [0.2, 0.25) is 0 Å². The van der Waals surface area contributed by atoms with Crippen LogP contribution in [0.25, 0.3) is 0 Å². The van der Waals surface area contributed by atoms with Crippen LogP contribution in [-0.4, -0.2) is 13.7 Å². The second-order valence-electron chi connectivity index (χ2n) is 4.61. The fraction of sp³-hybridized carbons (Fsp3) is 0.571. The Morgan fingerprint density at radius 3 is 2.65 bits per heavy atom. The van der Waals surface area contributed by atoms with Crippen molar-refractivity contribution >= 4 is 15.9 Å². The lowest BCUT2D eigenvalue weighted by Crippen LogP contribution is -2.15. The van der Waals surface area contributed by atoms with Gasteiger partial charge in [-0.05, 0) is 52.9 Å². The minimum absolute atomic E-state index is 0.734. The highest BCUT2D eigenvalue weighted by atomic mass is 79.9. The molecule has 1 saturated carbocycles. The van der Waals surface area contributed by atoms with Gasteiger partial charge in [0.2, 0.25) is 0 Å². The summed E-state index contributed by atoms with van der Waals surface area (Å²) in [7, 11) is 1.67. The maximum Gasteiger partial charge on any atom is 0.133 e. The highest BCUT2D eigenvalue weighted by Crippen LogP contribution is 2.31. The smallest absolute Gasteiger partial charge is 0.133 e. The van der Waals surface area contributed by atoms with Crippen LogP contribution in [0.15, 0.2) is 22.7 Å². The van der Waals surface area contributed by atoms with Crippen molar-refractivity contribution in [2.75, 3.05) is 13.7 Å². The molecule has 1 fully saturated rings. The minimum atomic E-state index is 0.734. The first kappa shape index (κ1) is 12.7. The monoisotopic (exact) mass is 298 g/mol. The lowest BCUT2D eigenvalue weighted by molar-refractivity contribution is 0.207. The normalized spacial score (nSPS) is 16.8. The molecule has 94 valence electrons. The van der Waals surface area contributed by atoms with Crippen molar-refractivity contribution in [3.63, 3.8) is 0 Å². The first-order valence-electron chi connectivity index (χ1n) is 6.26. The van der Waals surface area contributed by atoms with E-state index in [-0.39, 0.29) is 0 Å². The van der Waals surface area contributed by atoms with E-state index in [9.17, 15) is 0 Å². The zero-order valence-corrected chi connectivity index (χ0v) is 11.8. The molecular weight excluding hydrogens is 280 g/mol. The van der Waals surface area contributed by atoms with Crippen LogP contribution in [0.3, 0.4) is 0 Å². The summed E-state index contributed by atoms with van der Waals surface area (Å²) < 4.78 is 12.0. The van der Waals surface area contributed by atoms with E-state index >= 15 is 0 Å². The summed E-state index contributed by atoms with van der Waals surface area (Å²) in [5.41, 5.74) is 0. The molecule has 0 heterocycles. The van der Waals surface area contributed by atoms with Crippen molar-refractivity contribution in [2.24, 2.45) is 5.92 Å². The molecule has 0 saturated heterocycles.